The molecule has 2 aliphatic rings. The molecule has 0 fully saturated rings. The maximum atomic E-state index is 13.9. The summed E-state index contributed by atoms with van der Waals surface area (Å²) in [4.78, 5) is 1.49. The molecule has 0 bridgehead atoms. The Morgan fingerprint density at radius 1 is 0.938 bits per heavy atom. The van der Waals surface area contributed by atoms with Gasteiger partial charge in [0, 0.05) is 11.4 Å². The molecule has 1 unspecified atom stereocenters. The molecule has 0 saturated carbocycles. The van der Waals surface area contributed by atoms with Crippen molar-refractivity contribution >= 4 is 27.4 Å². The van der Waals surface area contributed by atoms with Crippen LogP contribution in [0, 0.1) is 0 Å². The number of fused-ring (bicyclic) bond motifs is 2. The van der Waals surface area contributed by atoms with Crippen molar-refractivity contribution in [1.29, 1.82) is 0 Å². The van der Waals surface area contributed by atoms with Crippen LogP contribution in [0.1, 0.15) is 39.6 Å². The summed E-state index contributed by atoms with van der Waals surface area (Å²) in [7, 11) is -0.430. The fraction of sp³-hybridized carbons (Fsp3) is 0.280. The van der Waals surface area contributed by atoms with E-state index in [0.29, 0.717) is 35.8 Å². The van der Waals surface area contributed by atoms with E-state index < -0.39 is 10.0 Å². The lowest BCUT2D eigenvalue weighted by Gasteiger charge is -2.37. The van der Waals surface area contributed by atoms with Crippen molar-refractivity contribution in [2.24, 2.45) is 0 Å². The zero-order chi connectivity index (χ0) is 22.3. The zero-order valence-corrected chi connectivity index (χ0v) is 19.7. The lowest BCUT2D eigenvalue weighted by atomic mass is 9.92. The Kier molecular flexibility index (Phi) is 5.57. The Morgan fingerprint density at radius 2 is 1.72 bits per heavy atom. The van der Waals surface area contributed by atoms with Crippen LogP contribution in [0.3, 0.4) is 0 Å². The molecular formula is C25H25NO4S2. The number of thiophene rings is 1. The minimum atomic E-state index is -3.65. The number of allylic oxidation sites excluding steroid dienone is 1. The number of hydrogen-bond acceptors (Lipinski definition) is 5. The third-order valence-electron chi connectivity index (χ3n) is 6.29. The molecule has 32 heavy (non-hydrogen) atoms. The van der Waals surface area contributed by atoms with Gasteiger partial charge in [0.25, 0.3) is 0 Å². The summed E-state index contributed by atoms with van der Waals surface area (Å²) in [6, 6.07) is 15.5. The second-order valence-electron chi connectivity index (χ2n) is 8.00. The number of rotatable bonds is 5. The molecule has 166 valence electrons. The normalized spacial score (nSPS) is 18.4. The number of sulfonamides is 1. The number of hydrogen-bond donors (Lipinski definition) is 0. The number of aryl methyl sites for hydroxylation is 1. The Labute approximate surface area is 193 Å². The van der Waals surface area contributed by atoms with Crippen LogP contribution in [-0.2, 0) is 22.9 Å². The molecule has 1 atom stereocenters. The van der Waals surface area contributed by atoms with Crippen molar-refractivity contribution in [3.63, 3.8) is 0 Å². The van der Waals surface area contributed by atoms with Gasteiger partial charge < -0.3 is 9.47 Å². The van der Waals surface area contributed by atoms with Gasteiger partial charge >= 0.3 is 0 Å². The summed E-state index contributed by atoms with van der Waals surface area (Å²) >= 11 is 1.57. The van der Waals surface area contributed by atoms with E-state index in [4.69, 9.17) is 9.47 Å². The summed E-state index contributed by atoms with van der Waals surface area (Å²) in [5, 5.41) is 1.99. The first-order chi connectivity index (χ1) is 15.5. The minimum absolute atomic E-state index is 0.387. The van der Waals surface area contributed by atoms with E-state index in [1.165, 1.54) is 5.56 Å². The topological polar surface area (TPSA) is 55.8 Å². The van der Waals surface area contributed by atoms with Crippen LogP contribution in [-0.4, -0.2) is 33.5 Å². The highest BCUT2D eigenvalue weighted by atomic mass is 32.2. The summed E-state index contributed by atoms with van der Waals surface area (Å²) in [6.07, 6.45) is 3.73. The average molecular weight is 468 g/mol. The van der Waals surface area contributed by atoms with E-state index >= 15 is 0 Å². The van der Waals surface area contributed by atoms with E-state index in [2.05, 4.69) is 6.07 Å². The van der Waals surface area contributed by atoms with Crippen LogP contribution >= 0.6 is 11.3 Å². The molecule has 0 radical (unpaired) electrons. The van der Waals surface area contributed by atoms with Gasteiger partial charge in [0.1, 0.15) is 0 Å². The molecule has 1 aliphatic heterocycles. The summed E-state index contributed by atoms with van der Waals surface area (Å²) in [5.74, 6) is 1.27. The summed E-state index contributed by atoms with van der Waals surface area (Å²) < 4.78 is 40.6. The molecule has 7 heteroatoms. The molecule has 5 nitrogen and oxygen atoms in total. The van der Waals surface area contributed by atoms with E-state index in [9.17, 15) is 8.42 Å². The van der Waals surface area contributed by atoms with E-state index in [0.717, 1.165) is 28.0 Å². The molecule has 0 N–H and O–H groups in total. The Morgan fingerprint density at radius 3 is 2.47 bits per heavy atom. The van der Waals surface area contributed by atoms with Crippen molar-refractivity contribution in [1.82, 2.24) is 4.31 Å². The lowest BCUT2D eigenvalue weighted by molar-refractivity contribution is 0.335. The number of methoxy groups -OCH3 is 2. The maximum Gasteiger partial charge on any atom is 0.240 e. The van der Waals surface area contributed by atoms with Crippen molar-refractivity contribution < 1.29 is 17.9 Å². The van der Waals surface area contributed by atoms with Crippen molar-refractivity contribution in [3.05, 3.63) is 85.9 Å². The molecule has 0 spiro atoms. The largest absolute Gasteiger partial charge is 0.493 e. The molecule has 2 aromatic carbocycles. The average Bonchev–Trinajstić information content (AvgIpc) is 3.36. The first kappa shape index (κ1) is 21.2. The molecule has 1 aliphatic carbocycles. The fourth-order valence-corrected chi connectivity index (χ4v) is 7.38. The number of ether oxygens (including phenoxy) is 2. The standard InChI is InChI=1S/C25H25NO4S2/c1-29-22-15-19-11-12-26(25(24-8-5-13-31-24)21(19)16-23(22)30-2)32(27,28)20-10-9-17-6-3-4-7-18(17)14-20/h3-8,13-16,25H,9-12H2,1-2H3. The maximum absolute atomic E-state index is 13.9. The molecule has 0 saturated heterocycles. The highest BCUT2D eigenvalue weighted by Gasteiger charge is 2.40. The zero-order valence-electron chi connectivity index (χ0n) is 18.1. The molecule has 0 amide bonds. The molecule has 3 aromatic rings. The molecule has 5 rings (SSSR count). The van der Waals surface area contributed by atoms with Gasteiger partial charge in [-0.15, -0.1) is 11.3 Å². The first-order valence-corrected chi connectivity index (χ1v) is 12.9. The van der Waals surface area contributed by atoms with Gasteiger partial charge in [-0.05, 0) is 71.2 Å². The Bertz CT molecular complexity index is 1280. The first-order valence-electron chi connectivity index (χ1n) is 10.6. The van der Waals surface area contributed by atoms with Gasteiger partial charge in [0.15, 0.2) is 11.5 Å². The summed E-state index contributed by atoms with van der Waals surface area (Å²) in [6.45, 7) is 0.423. The number of benzene rings is 2. The predicted octanol–water partition coefficient (Wildman–Crippen LogP) is 5.03. The third kappa shape index (κ3) is 3.54. The van der Waals surface area contributed by atoms with Crippen LogP contribution in [0.5, 0.6) is 11.5 Å². The van der Waals surface area contributed by atoms with Crippen LogP contribution < -0.4 is 9.47 Å². The van der Waals surface area contributed by atoms with Gasteiger partial charge in [-0.1, -0.05) is 30.3 Å². The second kappa shape index (κ2) is 8.39. The van der Waals surface area contributed by atoms with Crippen LogP contribution in [0.15, 0.2) is 58.8 Å². The van der Waals surface area contributed by atoms with Gasteiger partial charge in [0.2, 0.25) is 10.0 Å². The van der Waals surface area contributed by atoms with Gasteiger partial charge in [-0.25, -0.2) is 8.42 Å². The van der Waals surface area contributed by atoms with Crippen LogP contribution in [0.2, 0.25) is 0 Å². The highest BCUT2D eigenvalue weighted by molar-refractivity contribution is 7.93. The quantitative estimate of drug-likeness (QED) is 0.528. The predicted molar refractivity (Wildman–Crippen MR) is 128 cm³/mol. The summed E-state index contributed by atoms with van der Waals surface area (Å²) in [5.41, 5.74) is 4.24. The third-order valence-corrected chi connectivity index (χ3v) is 9.21. The van der Waals surface area contributed by atoms with Crippen molar-refractivity contribution in [2.45, 2.75) is 25.3 Å². The van der Waals surface area contributed by atoms with Crippen LogP contribution in [0.25, 0.3) is 6.08 Å². The Balaban J connectivity index is 1.62. The molecular weight excluding hydrogens is 442 g/mol. The van der Waals surface area contributed by atoms with Gasteiger partial charge in [-0.3, -0.25) is 0 Å². The van der Waals surface area contributed by atoms with Gasteiger partial charge in [-0.2, -0.15) is 4.31 Å². The van der Waals surface area contributed by atoms with Crippen molar-refractivity contribution in [2.75, 3.05) is 20.8 Å². The van der Waals surface area contributed by atoms with E-state index in [-0.39, 0.29) is 6.04 Å². The number of nitrogens with zero attached hydrogens (tertiary/aromatic N) is 1. The molecule has 1 aromatic heterocycles. The van der Waals surface area contributed by atoms with Crippen LogP contribution in [0.4, 0.5) is 0 Å². The highest BCUT2D eigenvalue weighted by Crippen LogP contribution is 2.45. The Hall–Kier alpha value is -2.61. The SMILES string of the molecule is COc1cc2c(cc1OC)C(c1cccs1)N(S(=O)(=O)C1=Cc3ccccc3CC1)CC2. The van der Waals surface area contributed by atoms with Gasteiger partial charge in [0.05, 0.1) is 25.2 Å². The van der Waals surface area contributed by atoms with Crippen molar-refractivity contribution in [3.8, 4) is 11.5 Å². The van der Waals surface area contributed by atoms with E-state index in [1.807, 2.05) is 53.9 Å². The minimum Gasteiger partial charge on any atom is -0.493 e. The second-order valence-corrected chi connectivity index (χ2v) is 10.9. The fourth-order valence-electron chi connectivity index (χ4n) is 4.68. The lowest BCUT2D eigenvalue weighted by Crippen LogP contribution is -2.41. The smallest absolute Gasteiger partial charge is 0.240 e. The molecule has 2 heterocycles. The monoisotopic (exact) mass is 467 g/mol. The van der Waals surface area contributed by atoms with E-state index in [1.54, 1.807) is 29.9 Å².